The fraction of sp³-hybridized carbons (Fsp3) is 0.235. The van der Waals surface area contributed by atoms with E-state index in [4.69, 9.17) is 9.47 Å². The van der Waals surface area contributed by atoms with Crippen LogP contribution in [0.5, 0.6) is 11.5 Å². The van der Waals surface area contributed by atoms with E-state index in [9.17, 15) is 13.2 Å². The number of amides is 1. The average Bonchev–Trinajstić information content (AvgIpc) is 2.56. The number of nitrogens with one attached hydrogen (secondary N) is 2. The molecule has 0 bridgehead atoms. The highest BCUT2D eigenvalue weighted by atomic mass is 32.2. The Kier molecular flexibility index (Phi) is 5.87. The molecule has 2 aromatic rings. The molecular formula is C17H20N2O5S. The standard InChI is InChI=1S/C17H20N2O5S/c1-4-24-17-10-9-13(11-15(17)18-12(2)20)25(21,22)19-14-7-5-6-8-16(14)23-3/h5-11,19H,4H2,1-3H3,(H,18,20). The van der Waals surface area contributed by atoms with E-state index in [1.165, 1.54) is 32.2 Å². The smallest absolute Gasteiger partial charge is 0.262 e. The number of carbonyl (C=O) groups is 1. The Hall–Kier alpha value is -2.74. The summed E-state index contributed by atoms with van der Waals surface area (Å²) < 4.78 is 38.4. The molecule has 0 aliphatic heterocycles. The van der Waals surface area contributed by atoms with Gasteiger partial charge in [0.15, 0.2) is 0 Å². The van der Waals surface area contributed by atoms with Gasteiger partial charge in [0, 0.05) is 6.92 Å². The minimum atomic E-state index is -3.87. The van der Waals surface area contributed by atoms with Crippen molar-refractivity contribution in [3.8, 4) is 11.5 Å². The van der Waals surface area contributed by atoms with Gasteiger partial charge >= 0.3 is 0 Å². The molecule has 2 N–H and O–H groups in total. The Balaban J connectivity index is 2.40. The zero-order valence-corrected chi connectivity index (χ0v) is 15.0. The third-order valence-corrected chi connectivity index (χ3v) is 4.59. The van der Waals surface area contributed by atoms with E-state index in [1.807, 2.05) is 0 Å². The SMILES string of the molecule is CCOc1ccc(S(=O)(=O)Nc2ccccc2OC)cc1NC(C)=O. The molecule has 2 rings (SSSR count). The van der Waals surface area contributed by atoms with Gasteiger partial charge in [0.05, 0.1) is 30.0 Å². The Morgan fingerprint density at radius 2 is 1.80 bits per heavy atom. The van der Waals surface area contributed by atoms with Gasteiger partial charge in [-0.25, -0.2) is 8.42 Å². The zero-order valence-electron chi connectivity index (χ0n) is 14.2. The molecule has 0 aliphatic carbocycles. The summed E-state index contributed by atoms with van der Waals surface area (Å²) in [5, 5.41) is 2.58. The monoisotopic (exact) mass is 364 g/mol. The summed E-state index contributed by atoms with van der Waals surface area (Å²) in [5.41, 5.74) is 0.609. The molecule has 0 radical (unpaired) electrons. The van der Waals surface area contributed by atoms with Crippen molar-refractivity contribution in [2.24, 2.45) is 0 Å². The predicted molar refractivity (Wildman–Crippen MR) is 95.7 cm³/mol. The van der Waals surface area contributed by atoms with Gasteiger partial charge < -0.3 is 14.8 Å². The Morgan fingerprint density at radius 3 is 2.44 bits per heavy atom. The third-order valence-electron chi connectivity index (χ3n) is 3.22. The second kappa shape index (κ2) is 7.89. The maximum Gasteiger partial charge on any atom is 0.262 e. The lowest BCUT2D eigenvalue weighted by molar-refractivity contribution is -0.114. The Labute approximate surface area is 147 Å². The number of hydrogen-bond acceptors (Lipinski definition) is 5. The van der Waals surface area contributed by atoms with E-state index in [1.54, 1.807) is 31.2 Å². The molecule has 25 heavy (non-hydrogen) atoms. The molecule has 1 amide bonds. The highest BCUT2D eigenvalue weighted by Crippen LogP contribution is 2.30. The van der Waals surface area contributed by atoms with E-state index >= 15 is 0 Å². The molecule has 0 aromatic heterocycles. The van der Waals surface area contributed by atoms with E-state index in [-0.39, 0.29) is 16.5 Å². The summed E-state index contributed by atoms with van der Waals surface area (Å²) in [6.45, 7) is 3.52. The number of anilines is 2. The number of hydrogen-bond donors (Lipinski definition) is 2. The predicted octanol–water partition coefficient (Wildman–Crippen LogP) is 2.85. The van der Waals surface area contributed by atoms with Gasteiger partial charge in [-0.1, -0.05) is 12.1 Å². The van der Waals surface area contributed by atoms with E-state index in [0.29, 0.717) is 23.8 Å². The van der Waals surface area contributed by atoms with Crippen LogP contribution in [-0.2, 0) is 14.8 Å². The van der Waals surface area contributed by atoms with Crippen molar-refractivity contribution >= 4 is 27.3 Å². The molecule has 2 aromatic carbocycles. The number of methoxy groups -OCH3 is 1. The fourth-order valence-electron chi connectivity index (χ4n) is 2.18. The summed E-state index contributed by atoms with van der Waals surface area (Å²) >= 11 is 0. The van der Waals surface area contributed by atoms with Crippen molar-refractivity contribution in [1.29, 1.82) is 0 Å². The molecule has 0 spiro atoms. The maximum absolute atomic E-state index is 12.7. The zero-order chi connectivity index (χ0) is 18.4. The molecule has 0 saturated carbocycles. The van der Waals surface area contributed by atoms with Crippen LogP contribution >= 0.6 is 0 Å². The Bertz CT molecular complexity index is 865. The molecule has 0 saturated heterocycles. The van der Waals surface area contributed by atoms with Crippen molar-refractivity contribution in [1.82, 2.24) is 0 Å². The van der Waals surface area contributed by atoms with E-state index in [0.717, 1.165) is 0 Å². The molecule has 0 atom stereocenters. The van der Waals surface area contributed by atoms with Gasteiger partial charge in [0.25, 0.3) is 10.0 Å². The number of carbonyl (C=O) groups excluding carboxylic acids is 1. The van der Waals surface area contributed by atoms with Crippen LogP contribution in [0, 0.1) is 0 Å². The average molecular weight is 364 g/mol. The second-order valence-corrected chi connectivity index (χ2v) is 6.76. The highest BCUT2D eigenvalue weighted by Gasteiger charge is 2.19. The van der Waals surface area contributed by atoms with E-state index in [2.05, 4.69) is 10.0 Å². The lowest BCUT2D eigenvalue weighted by Crippen LogP contribution is -2.15. The summed E-state index contributed by atoms with van der Waals surface area (Å²) in [7, 11) is -2.42. The summed E-state index contributed by atoms with van der Waals surface area (Å²) in [4.78, 5) is 11.3. The summed E-state index contributed by atoms with van der Waals surface area (Å²) in [5.74, 6) is 0.473. The molecule has 0 heterocycles. The van der Waals surface area contributed by atoms with Gasteiger partial charge in [-0.2, -0.15) is 0 Å². The Morgan fingerprint density at radius 1 is 1.08 bits per heavy atom. The van der Waals surface area contributed by atoms with Crippen LogP contribution in [0.4, 0.5) is 11.4 Å². The van der Waals surface area contributed by atoms with Crippen LogP contribution in [0.15, 0.2) is 47.4 Å². The number of rotatable bonds is 7. The third kappa shape index (κ3) is 4.63. The van der Waals surface area contributed by atoms with Crippen molar-refractivity contribution in [3.63, 3.8) is 0 Å². The van der Waals surface area contributed by atoms with Gasteiger partial charge in [0.1, 0.15) is 11.5 Å². The van der Waals surface area contributed by atoms with Gasteiger partial charge in [0.2, 0.25) is 5.91 Å². The second-order valence-electron chi connectivity index (χ2n) is 5.08. The molecule has 0 unspecified atom stereocenters. The molecule has 7 nitrogen and oxygen atoms in total. The minimum Gasteiger partial charge on any atom is -0.495 e. The van der Waals surface area contributed by atoms with Crippen LogP contribution in [0.3, 0.4) is 0 Å². The first-order valence-electron chi connectivity index (χ1n) is 7.57. The van der Waals surface area contributed by atoms with Crippen LogP contribution < -0.4 is 19.5 Å². The van der Waals surface area contributed by atoms with Crippen molar-refractivity contribution < 1.29 is 22.7 Å². The normalized spacial score (nSPS) is 10.8. The maximum atomic E-state index is 12.7. The van der Waals surface area contributed by atoms with Crippen LogP contribution in [-0.4, -0.2) is 28.0 Å². The van der Waals surface area contributed by atoms with Gasteiger partial charge in [-0.15, -0.1) is 0 Å². The number of para-hydroxylation sites is 2. The number of benzene rings is 2. The molecule has 134 valence electrons. The van der Waals surface area contributed by atoms with E-state index < -0.39 is 10.0 Å². The molecule has 0 aliphatic rings. The fourth-order valence-corrected chi connectivity index (χ4v) is 3.27. The van der Waals surface area contributed by atoms with Crippen molar-refractivity contribution in [3.05, 3.63) is 42.5 Å². The lowest BCUT2D eigenvalue weighted by Gasteiger charge is -2.14. The summed E-state index contributed by atoms with van der Waals surface area (Å²) in [6, 6.07) is 11.0. The van der Waals surface area contributed by atoms with Crippen LogP contribution in [0.1, 0.15) is 13.8 Å². The minimum absolute atomic E-state index is 0.00870. The topological polar surface area (TPSA) is 93.7 Å². The molecular weight excluding hydrogens is 344 g/mol. The molecule has 0 fully saturated rings. The lowest BCUT2D eigenvalue weighted by atomic mass is 10.3. The van der Waals surface area contributed by atoms with Crippen molar-refractivity contribution in [2.75, 3.05) is 23.8 Å². The van der Waals surface area contributed by atoms with Crippen LogP contribution in [0.25, 0.3) is 0 Å². The number of ether oxygens (including phenoxy) is 2. The first kappa shape index (κ1) is 18.6. The first-order chi connectivity index (χ1) is 11.9. The molecule has 8 heteroatoms. The van der Waals surface area contributed by atoms with Gasteiger partial charge in [-0.3, -0.25) is 9.52 Å². The first-order valence-corrected chi connectivity index (χ1v) is 9.06. The highest BCUT2D eigenvalue weighted by molar-refractivity contribution is 7.92. The number of sulfonamides is 1. The quantitative estimate of drug-likeness (QED) is 0.788. The summed E-state index contributed by atoms with van der Waals surface area (Å²) in [6.07, 6.45) is 0. The van der Waals surface area contributed by atoms with Crippen molar-refractivity contribution in [2.45, 2.75) is 18.7 Å². The van der Waals surface area contributed by atoms with Crippen LogP contribution in [0.2, 0.25) is 0 Å². The largest absolute Gasteiger partial charge is 0.495 e. The van der Waals surface area contributed by atoms with Gasteiger partial charge in [-0.05, 0) is 37.3 Å².